The minimum absolute atomic E-state index is 0.587. The van der Waals surface area contributed by atoms with E-state index < -0.39 is 0 Å². The summed E-state index contributed by atoms with van der Waals surface area (Å²) >= 11 is 0. The van der Waals surface area contributed by atoms with Gasteiger partial charge in [0.2, 0.25) is 0 Å². The Balaban J connectivity index is 2.31. The van der Waals surface area contributed by atoms with Gasteiger partial charge >= 0.3 is 0 Å². The first-order valence-corrected chi connectivity index (χ1v) is 4.92. The average molecular weight is 179 g/mol. The minimum Gasteiger partial charge on any atom is -0.315 e. The molecule has 3 nitrogen and oxygen atoms in total. The molecule has 1 aromatic heterocycles. The molecule has 72 valence electrons. The molecule has 13 heavy (non-hydrogen) atoms. The van der Waals surface area contributed by atoms with Crippen LogP contribution in [0.5, 0.6) is 0 Å². The van der Waals surface area contributed by atoms with E-state index in [0.717, 1.165) is 13.1 Å². The maximum atomic E-state index is 4.53. The third-order valence-electron chi connectivity index (χ3n) is 2.68. The molecule has 1 aromatic rings. The van der Waals surface area contributed by atoms with Crippen LogP contribution in [-0.2, 0) is 7.05 Å². The number of rotatable bonds is 2. The number of aryl methyl sites for hydroxylation is 1. The number of hydrogen-bond acceptors (Lipinski definition) is 2. The Hall–Kier alpha value is -0.830. The van der Waals surface area contributed by atoms with Crippen LogP contribution in [0, 0.1) is 0 Å². The largest absolute Gasteiger partial charge is 0.315 e. The summed E-state index contributed by atoms with van der Waals surface area (Å²) in [6.07, 6.45) is 2.15. The van der Waals surface area contributed by atoms with Crippen molar-refractivity contribution in [3.05, 3.63) is 17.5 Å². The van der Waals surface area contributed by atoms with Crippen LogP contribution in [0.15, 0.2) is 6.20 Å². The molecular formula is C10H17N3. The molecule has 0 unspecified atom stereocenters. The molecule has 1 fully saturated rings. The van der Waals surface area contributed by atoms with Gasteiger partial charge in [0.05, 0.1) is 5.69 Å². The summed E-state index contributed by atoms with van der Waals surface area (Å²) in [5.41, 5.74) is 2.71. The van der Waals surface area contributed by atoms with Crippen molar-refractivity contribution in [3.63, 3.8) is 0 Å². The second-order valence-electron chi connectivity index (χ2n) is 4.15. The second-order valence-corrected chi connectivity index (χ2v) is 4.15. The zero-order valence-electron chi connectivity index (χ0n) is 8.54. The van der Waals surface area contributed by atoms with Crippen molar-refractivity contribution in [1.82, 2.24) is 15.1 Å². The van der Waals surface area contributed by atoms with E-state index in [1.54, 1.807) is 0 Å². The first-order valence-electron chi connectivity index (χ1n) is 4.92. The van der Waals surface area contributed by atoms with E-state index in [1.807, 2.05) is 11.7 Å². The molecule has 2 rings (SSSR count). The average Bonchev–Trinajstić information content (AvgIpc) is 2.27. The predicted octanol–water partition coefficient (Wildman–Crippen LogP) is 1.23. The number of hydrogen-bond donors (Lipinski definition) is 1. The lowest BCUT2D eigenvalue weighted by Crippen LogP contribution is -2.40. The molecule has 0 aromatic carbocycles. The van der Waals surface area contributed by atoms with Crippen LogP contribution in [-0.4, -0.2) is 22.9 Å². The maximum absolute atomic E-state index is 4.53. The Labute approximate surface area is 79.1 Å². The SMILES string of the molecule is CC(C)c1cn(C)nc1C1CNC1. The van der Waals surface area contributed by atoms with Crippen LogP contribution in [0.3, 0.4) is 0 Å². The van der Waals surface area contributed by atoms with Gasteiger partial charge in [-0.25, -0.2) is 0 Å². The molecular weight excluding hydrogens is 162 g/mol. The highest BCUT2D eigenvalue weighted by molar-refractivity contribution is 5.26. The first kappa shape index (κ1) is 8.75. The van der Waals surface area contributed by atoms with E-state index in [-0.39, 0.29) is 0 Å². The molecule has 0 bridgehead atoms. The van der Waals surface area contributed by atoms with Crippen molar-refractivity contribution >= 4 is 0 Å². The summed E-state index contributed by atoms with van der Waals surface area (Å²) < 4.78 is 1.93. The highest BCUT2D eigenvalue weighted by atomic mass is 15.3. The van der Waals surface area contributed by atoms with Gasteiger partial charge in [0.15, 0.2) is 0 Å². The summed E-state index contributed by atoms with van der Waals surface area (Å²) in [6, 6.07) is 0. The van der Waals surface area contributed by atoms with E-state index in [9.17, 15) is 0 Å². The summed E-state index contributed by atoms with van der Waals surface area (Å²) in [6.45, 7) is 6.65. The second kappa shape index (κ2) is 3.14. The lowest BCUT2D eigenvalue weighted by Gasteiger charge is -2.26. The highest BCUT2D eigenvalue weighted by Gasteiger charge is 2.25. The van der Waals surface area contributed by atoms with Crippen LogP contribution in [0.4, 0.5) is 0 Å². The molecule has 1 aliphatic rings. The van der Waals surface area contributed by atoms with Crippen molar-refractivity contribution in [3.8, 4) is 0 Å². The van der Waals surface area contributed by atoms with Crippen molar-refractivity contribution in [2.75, 3.05) is 13.1 Å². The van der Waals surface area contributed by atoms with Crippen LogP contribution < -0.4 is 5.32 Å². The van der Waals surface area contributed by atoms with E-state index in [2.05, 4.69) is 30.5 Å². The number of nitrogens with zero attached hydrogens (tertiary/aromatic N) is 2. The summed E-state index contributed by atoms with van der Waals surface area (Å²) in [5, 5.41) is 7.82. The molecule has 3 heteroatoms. The van der Waals surface area contributed by atoms with Gasteiger partial charge in [-0.1, -0.05) is 13.8 Å². The summed E-state index contributed by atoms with van der Waals surface area (Å²) in [4.78, 5) is 0. The molecule has 0 atom stereocenters. The molecule has 0 amide bonds. The maximum Gasteiger partial charge on any atom is 0.0715 e. The van der Waals surface area contributed by atoms with Gasteiger partial charge in [-0.3, -0.25) is 4.68 Å². The Morgan fingerprint density at radius 3 is 2.69 bits per heavy atom. The standard InChI is InChI=1S/C10H17N3/c1-7(2)9-6-13(3)12-10(9)8-4-11-5-8/h6-8,11H,4-5H2,1-3H3. The minimum atomic E-state index is 0.587. The van der Waals surface area contributed by atoms with Gasteiger partial charge in [0.1, 0.15) is 0 Å². The predicted molar refractivity (Wildman–Crippen MR) is 52.9 cm³/mol. The third kappa shape index (κ3) is 1.48. The molecule has 1 saturated heterocycles. The van der Waals surface area contributed by atoms with Crippen molar-refractivity contribution in [1.29, 1.82) is 0 Å². The topological polar surface area (TPSA) is 29.9 Å². The lowest BCUT2D eigenvalue weighted by molar-refractivity contribution is 0.433. The Morgan fingerprint density at radius 2 is 2.23 bits per heavy atom. The van der Waals surface area contributed by atoms with Crippen molar-refractivity contribution < 1.29 is 0 Å². The zero-order valence-corrected chi connectivity index (χ0v) is 8.54. The monoisotopic (exact) mass is 179 g/mol. The highest BCUT2D eigenvalue weighted by Crippen LogP contribution is 2.26. The summed E-state index contributed by atoms with van der Waals surface area (Å²) in [7, 11) is 2.00. The van der Waals surface area contributed by atoms with Gasteiger partial charge < -0.3 is 5.32 Å². The molecule has 1 N–H and O–H groups in total. The van der Waals surface area contributed by atoms with Crippen LogP contribution >= 0.6 is 0 Å². The summed E-state index contributed by atoms with van der Waals surface area (Å²) in [5.74, 6) is 1.24. The van der Waals surface area contributed by atoms with E-state index in [4.69, 9.17) is 0 Å². The van der Waals surface area contributed by atoms with E-state index in [0.29, 0.717) is 11.8 Å². The Bertz CT molecular complexity index is 297. The lowest BCUT2D eigenvalue weighted by atomic mass is 9.92. The fraction of sp³-hybridized carbons (Fsp3) is 0.700. The number of nitrogens with one attached hydrogen (secondary N) is 1. The van der Waals surface area contributed by atoms with Crippen LogP contribution in [0.1, 0.15) is 36.9 Å². The van der Waals surface area contributed by atoms with Crippen molar-refractivity contribution in [2.24, 2.45) is 7.05 Å². The van der Waals surface area contributed by atoms with E-state index in [1.165, 1.54) is 11.3 Å². The van der Waals surface area contributed by atoms with Gasteiger partial charge in [-0.2, -0.15) is 5.10 Å². The van der Waals surface area contributed by atoms with Gasteiger partial charge in [-0.15, -0.1) is 0 Å². The van der Waals surface area contributed by atoms with Crippen LogP contribution in [0.2, 0.25) is 0 Å². The molecule has 0 saturated carbocycles. The van der Waals surface area contributed by atoms with Crippen LogP contribution in [0.25, 0.3) is 0 Å². The van der Waals surface area contributed by atoms with Gasteiger partial charge in [-0.05, 0) is 11.5 Å². The smallest absolute Gasteiger partial charge is 0.0715 e. The van der Waals surface area contributed by atoms with Gasteiger partial charge in [0.25, 0.3) is 0 Å². The molecule has 0 aliphatic carbocycles. The fourth-order valence-corrected chi connectivity index (χ4v) is 1.77. The zero-order chi connectivity index (χ0) is 9.42. The van der Waals surface area contributed by atoms with E-state index >= 15 is 0 Å². The molecule has 0 spiro atoms. The number of aromatic nitrogens is 2. The molecule has 2 heterocycles. The normalized spacial score (nSPS) is 17.8. The Morgan fingerprint density at radius 1 is 1.54 bits per heavy atom. The molecule has 0 radical (unpaired) electrons. The Kier molecular flexibility index (Phi) is 2.12. The van der Waals surface area contributed by atoms with Crippen molar-refractivity contribution in [2.45, 2.75) is 25.7 Å². The fourth-order valence-electron chi connectivity index (χ4n) is 1.77. The molecule has 1 aliphatic heterocycles. The first-order chi connectivity index (χ1) is 6.18. The van der Waals surface area contributed by atoms with Gasteiger partial charge in [0, 0.05) is 32.3 Å². The quantitative estimate of drug-likeness (QED) is 0.740. The third-order valence-corrected chi connectivity index (χ3v) is 2.68.